The van der Waals surface area contributed by atoms with Gasteiger partial charge in [-0.05, 0) is 39.2 Å². The Kier molecular flexibility index (Phi) is 6.63. The summed E-state index contributed by atoms with van der Waals surface area (Å²) in [4.78, 5) is 23.7. The second-order valence-corrected chi connectivity index (χ2v) is 6.09. The highest BCUT2D eigenvalue weighted by Crippen LogP contribution is 2.26. The molecule has 1 aromatic heterocycles. The van der Waals surface area contributed by atoms with E-state index in [1.165, 1.54) is 0 Å². The molecule has 2 rings (SSSR count). The molecule has 0 radical (unpaired) electrons. The minimum absolute atomic E-state index is 0.0728. The molecule has 0 spiro atoms. The number of halogens is 1. The monoisotopic (exact) mass is 350 g/mol. The second-order valence-electron chi connectivity index (χ2n) is 5.69. The van der Waals surface area contributed by atoms with Crippen LogP contribution in [0.3, 0.4) is 0 Å². The molecule has 0 aliphatic heterocycles. The number of nitrogens with zero attached hydrogens (tertiary/aromatic N) is 3. The zero-order valence-corrected chi connectivity index (χ0v) is 15.0. The first-order valence-electron chi connectivity index (χ1n) is 7.85. The predicted octanol–water partition coefficient (Wildman–Crippen LogP) is 2.67. The summed E-state index contributed by atoms with van der Waals surface area (Å²) in [6.45, 7) is 4.27. The van der Waals surface area contributed by atoms with E-state index in [-0.39, 0.29) is 5.91 Å². The molecule has 1 aromatic carbocycles. The third-order valence-corrected chi connectivity index (χ3v) is 3.79. The molecule has 0 fully saturated rings. The Balaban J connectivity index is 2.17. The quantitative estimate of drug-likeness (QED) is 0.795. The number of benzene rings is 1. The van der Waals surface area contributed by atoms with Crippen LogP contribution >= 0.6 is 11.6 Å². The number of rotatable bonds is 8. The van der Waals surface area contributed by atoms with Crippen molar-refractivity contribution in [2.75, 3.05) is 33.8 Å². The number of H-pyrrole nitrogens is 1. The van der Waals surface area contributed by atoms with Crippen molar-refractivity contribution >= 4 is 17.5 Å². The van der Waals surface area contributed by atoms with Gasteiger partial charge in [0.2, 0.25) is 0 Å². The van der Waals surface area contributed by atoms with E-state index >= 15 is 0 Å². The molecule has 0 aliphatic rings. The topological polar surface area (TPSA) is 61.5 Å². The molecular weight excluding hydrogens is 328 g/mol. The van der Waals surface area contributed by atoms with Crippen LogP contribution in [0.5, 0.6) is 5.75 Å². The van der Waals surface area contributed by atoms with E-state index in [9.17, 15) is 4.79 Å². The second kappa shape index (κ2) is 8.70. The summed E-state index contributed by atoms with van der Waals surface area (Å²) in [6, 6.07) is 5.14. The van der Waals surface area contributed by atoms with Crippen LogP contribution in [0.25, 0.3) is 0 Å². The zero-order chi connectivity index (χ0) is 17.5. The molecule has 1 N–H and O–H groups in total. The Hall–Kier alpha value is -2.05. The minimum atomic E-state index is -0.0728. The Morgan fingerprint density at radius 1 is 1.33 bits per heavy atom. The van der Waals surface area contributed by atoms with Crippen LogP contribution in [0, 0.1) is 0 Å². The van der Waals surface area contributed by atoms with Gasteiger partial charge < -0.3 is 19.5 Å². The maximum atomic E-state index is 12.9. The van der Waals surface area contributed by atoms with Gasteiger partial charge in [-0.2, -0.15) is 0 Å². The van der Waals surface area contributed by atoms with Crippen LogP contribution < -0.4 is 4.74 Å². The molecule has 2 aromatic rings. The molecule has 6 nitrogen and oxygen atoms in total. The summed E-state index contributed by atoms with van der Waals surface area (Å²) >= 11 is 6.21. The van der Waals surface area contributed by atoms with E-state index < -0.39 is 0 Å². The number of amides is 1. The molecule has 0 saturated heterocycles. The normalized spacial score (nSPS) is 10.9. The highest BCUT2D eigenvalue weighted by molar-refractivity contribution is 6.32. The van der Waals surface area contributed by atoms with Crippen molar-refractivity contribution in [2.45, 2.75) is 13.5 Å². The van der Waals surface area contributed by atoms with Crippen molar-refractivity contribution in [1.82, 2.24) is 19.8 Å². The lowest BCUT2D eigenvalue weighted by molar-refractivity contribution is 0.0730. The lowest BCUT2D eigenvalue weighted by Crippen LogP contribution is -2.36. The van der Waals surface area contributed by atoms with Gasteiger partial charge in [0.15, 0.2) is 0 Å². The van der Waals surface area contributed by atoms with E-state index in [1.807, 2.05) is 25.9 Å². The first-order chi connectivity index (χ1) is 11.5. The van der Waals surface area contributed by atoms with Gasteiger partial charge in [0.05, 0.1) is 30.2 Å². The summed E-state index contributed by atoms with van der Waals surface area (Å²) in [7, 11) is 3.96. The molecule has 0 aliphatic carbocycles. The highest BCUT2D eigenvalue weighted by Gasteiger charge is 2.18. The number of hydrogen-bond donors (Lipinski definition) is 1. The minimum Gasteiger partial charge on any atom is -0.492 e. The van der Waals surface area contributed by atoms with E-state index in [0.29, 0.717) is 36.0 Å². The lowest BCUT2D eigenvalue weighted by atomic mass is 10.2. The third-order valence-electron chi connectivity index (χ3n) is 3.50. The van der Waals surface area contributed by atoms with Crippen molar-refractivity contribution in [2.24, 2.45) is 0 Å². The van der Waals surface area contributed by atoms with Crippen molar-refractivity contribution in [1.29, 1.82) is 0 Å². The summed E-state index contributed by atoms with van der Waals surface area (Å²) in [5.41, 5.74) is 1.43. The third kappa shape index (κ3) is 4.97. The Labute approximate surface area is 147 Å². The van der Waals surface area contributed by atoms with Crippen molar-refractivity contribution in [3.05, 3.63) is 47.0 Å². The first kappa shape index (κ1) is 18.3. The van der Waals surface area contributed by atoms with Gasteiger partial charge in [0, 0.05) is 24.8 Å². The van der Waals surface area contributed by atoms with E-state index in [0.717, 1.165) is 12.2 Å². The van der Waals surface area contributed by atoms with Gasteiger partial charge in [-0.25, -0.2) is 4.98 Å². The van der Waals surface area contributed by atoms with Gasteiger partial charge in [-0.3, -0.25) is 4.79 Å². The summed E-state index contributed by atoms with van der Waals surface area (Å²) in [6.07, 6.45) is 3.33. The van der Waals surface area contributed by atoms with Crippen LogP contribution in [-0.4, -0.2) is 59.5 Å². The van der Waals surface area contributed by atoms with E-state index in [1.54, 1.807) is 35.6 Å². The predicted molar refractivity (Wildman–Crippen MR) is 94.5 cm³/mol. The molecule has 1 amide bonds. The van der Waals surface area contributed by atoms with Gasteiger partial charge >= 0.3 is 0 Å². The SMILES string of the molecule is CCOc1ccc(C(=O)N(CCN(C)C)Cc2cnc[nH]2)cc1Cl. The highest BCUT2D eigenvalue weighted by atomic mass is 35.5. The van der Waals surface area contributed by atoms with Crippen molar-refractivity contribution in [3.8, 4) is 5.75 Å². The number of carbonyl (C=O) groups is 1. The molecule has 0 unspecified atom stereocenters. The van der Waals surface area contributed by atoms with Crippen molar-refractivity contribution in [3.63, 3.8) is 0 Å². The van der Waals surface area contributed by atoms with E-state index in [4.69, 9.17) is 16.3 Å². The molecule has 130 valence electrons. The fourth-order valence-corrected chi connectivity index (χ4v) is 2.47. The van der Waals surface area contributed by atoms with Crippen LogP contribution in [0.1, 0.15) is 23.0 Å². The zero-order valence-electron chi connectivity index (χ0n) is 14.3. The molecule has 0 bridgehead atoms. The first-order valence-corrected chi connectivity index (χ1v) is 8.22. The number of likely N-dealkylation sites (N-methyl/N-ethyl adjacent to an activating group) is 1. The van der Waals surface area contributed by atoms with Crippen molar-refractivity contribution < 1.29 is 9.53 Å². The Bertz CT molecular complexity index is 659. The largest absolute Gasteiger partial charge is 0.492 e. The molecule has 1 heterocycles. The number of aromatic amines is 1. The number of aromatic nitrogens is 2. The smallest absolute Gasteiger partial charge is 0.254 e. The van der Waals surface area contributed by atoms with Crippen LogP contribution in [0.4, 0.5) is 0 Å². The van der Waals surface area contributed by atoms with Gasteiger partial charge in [-0.1, -0.05) is 11.6 Å². The number of nitrogens with one attached hydrogen (secondary N) is 1. The summed E-state index contributed by atoms with van der Waals surface area (Å²) in [5, 5.41) is 0.441. The molecule has 0 atom stereocenters. The summed E-state index contributed by atoms with van der Waals surface area (Å²) < 4.78 is 5.42. The standard InChI is InChI=1S/C17H23ClN4O2/c1-4-24-16-6-5-13(9-15(16)18)17(23)22(8-7-21(2)3)11-14-10-19-12-20-14/h5-6,9-10,12H,4,7-8,11H2,1-3H3,(H,19,20). The molecule has 0 saturated carbocycles. The molecule has 7 heteroatoms. The Morgan fingerprint density at radius 2 is 2.12 bits per heavy atom. The maximum absolute atomic E-state index is 12.9. The maximum Gasteiger partial charge on any atom is 0.254 e. The fourth-order valence-electron chi connectivity index (χ4n) is 2.24. The van der Waals surface area contributed by atoms with E-state index in [2.05, 4.69) is 9.97 Å². The fraction of sp³-hybridized carbons (Fsp3) is 0.412. The molecule has 24 heavy (non-hydrogen) atoms. The number of hydrogen-bond acceptors (Lipinski definition) is 4. The number of carbonyl (C=O) groups excluding carboxylic acids is 1. The lowest BCUT2D eigenvalue weighted by Gasteiger charge is -2.24. The van der Waals surface area contributed by atoms with Crippen LogP contribution in [-0.2, 0) is 6.54 Å². The Morgan fingerprint density at radius 3 is 2.71 bits per heavy atom. The van der Waals surface area contributed by atoms with Gasteiger partial charge in [0.1, 0.15) is 5.75 Å². The van der Waals surface area contributed by atoms with Crippen LogP contribution in [0.2, 0.25) is 5.02 Å². The van der Waals surface area contributed by atoms with Crippen LogP contribution in [0.15, 0.2) is 30.7 Å². The van der Waals surface area contributed by atoms with Gasteiger partial charge in [0.25, 0.3) is 5.91 Å². The number of imidazole rings is 1. The average Bonchev–Trinajstić information content (AvgIpc) is 3.05. The molecular formula is C17H23ClN4O2. The number of ether oxygens (including phenoxy) is 1. The summed E-state index contributed by atoms with van der Waals surface area (Å²) in [5.74, 6) is 0.514. The van der Waals surface area contributed by atoms with Gasteiger partial charge in [-0.15, -0.1) is 0 Å². The average molecular weight is 351 g/mol.